The first-order valence-corrected chi connectivity index (χ1v) is 19.8. The van der Waals surface area contributed by atoms with Gasteiger partial charge in [-0.15, -0.1) is 24.8 Å². The van der Waals surface area contributed by atoms with E-state index in [2.05, 4.69) is 127 Å². The van der Waals surface area contributed by atoms with Crippen molar-refractivity contribution >= 4 is 36.4 Å². The van der Waals surface area contributed by atoms with Gasteiger partial charge in [0.25, 0.3) is 0 Å². The van der Waals surface area contributed by atoms with Gasteiger partial charge >= 0.3 is 0 Å². The number of nitrogens with one attached hydrogen (secondary N) is 3. The van der Waals surface area contributed by atoms with Gasteiger partial charge in [-0.3, -0.25) is 4.79 Å². The van der Waals surface area contributed by atoms with E-state index in [1.165, 1.54) is 39.9 Å². The molecule has 0 saturated carbocycles. The maximum absolute atomic E-state index is 13.4. The molecule has 0 radical (unpaired) electrons. The molecule has 1 unspecified atom stereocenters. The van der Waals surface area contributed by atoms with Gasteiger partial charge in [0.1, 0.15) is 5.82 Å². The van der Waals surface area contributed by atoms with Crippen molar-refractivity contribution in [1.82, 2.24) is 10.6 Å². The molecule has 1 aliphatic rings. The zero-order chi connectivity index (χ0) is 38.7. The number of benzene rings is 5. The summed E-state index contributed by atoms with van der Waals surface area (Å²) in [5.41, 5.74) is 7.63. The van der Waals surface area contributed by atoms with Gasteiger partial charge in [0.05, 0.1) is 19.8 Å². The molecule has 0 spiro atoms. The monoisotopic (exact) mass is 813 g/mol. The van der Waals surface area contributed by atoms with Crippen molar-refractivity contribution in [2.75, 3.05) is 32.6 Å². The Kier molecular flexibility index (Phi) is 16.8. The average Bonchev–Trinajstić information content (AvgIpc) is 3.21. The van der Waals surface area contributed by atoms with Crippen molar-refractivity contribution in [2.45, 2.75) is 82.2 Å². The van der Waals surface area contributed by atoms with Gasteiger partial charge in [-0.1, -0.05) is 84.9 Å². The minimum Gasteiger partial charge on any atom is -0.493 e. The lowest BCUT2D eigenvalue weighted by Gasteiger charge is -2.43. The van der Waals surface area contributed by atoms with Crippen LogP contribution in [0.3, 0.4) is 0 Å². The van der Waals surface area contributed by atoms with Crippen LogP contribution in [0.1, 0.15) is 85.8 Å². The van der Waals surface area contributed by atoms with Crippen LogP contribution in [0.25, 0.3) is 0 Å². The quantitative estimate of drug-likeness (QED) is 0.0769. The van der Waals surface area contributed by atoms with Crippen molar-refractivity contribution in [3.05, 3.63) is 161 Å². The van der Waals surface area contributed by atoms with Gasteiger partial charge in [-0.05, 0) is 129 Å². The van der Waals surface area contributed by atoms with Crippen LogP contribution in [0.2, 0.25) is 0 Å². The standard InChI is InChI=1S/C48H56FN3O3.2ClH/c1-35(2)52-42-24-20-40(21-25-42)48(43-34-45(55-4)44(54-3)33-37(43)27-32-51-48)30-11-28-47(38-13-7-5-8-14-38,39-15-9-6-10-16-39)29-12-31-50-46(53)26-19-36-17-22-41(49)23-18-36;;/h5-10,13-18,20-25,33-35,51-52H,11-12,19,26-32H2,1-4H3,(H,50,53);2*1H. The average molecular weight is 815 g/mol. The number of ether oxygens (including phenoxy) is 2. The Bertz CT molecular complexity index is 1940. The second-order valence-corrected chi connectivity index (χ2v) is 15.1. The maximum atomic E-state index is 13.4. The number of fused-ring (bicyclic) bond motifs is 1. The van der Waals surface area contributed by atoms with Crippen LogP contribution in [0.5, 0.6) is 11.5 Å². The molecule has 0 fully saturated rings. The van der Waals surface area contributed by atoms with Crippen LogP contribution >= 0.6 is 24.8 Å². The van der Waals surface area contributed by atoms with E-state index in [1.54, 1.807) is 26.4 Å². The molecule has 0 aliphatic carbocycles. The van der Waals surface area contributed by atoms with Gasteiger partial charge in [0.15, 0.2) is 11.5 Å². The molecule has 6 rings (SSSR count). The summed E-state index contributed by atoms with van der Waals surface area (Å²) in [5, 5.41) is 10.8. The third kappa shape index (κ3) is 10.9. The number of carbonyl (C=O) groups excluding carboxylic acids is 1. The fourth-order valence-electron chi connectivity index (χ4n) is 8.49. The predicted octanol–water partition coefficient (Wildman–Crippen LogP) is 10.6. The lowest BCUT2D eigenvalue weighted by molar-refractivity contribution is -0.121. The number of carbonyl (C=O) groups is 1. The van der Waals surface area contributed by atoms with Gasteiger partial charge in [-0.25, -0.2) is 4.39 Å². The number of halogens is 3. The van der Waals surface area contributed by atoms with Crippen molar-refractivity contribution in [3.63, 3.8) is 0 Å². The van der Waals surface area contributed by atoms with E-state index < -0.39 is 5.54 Å². The van der Waals surface area contributed by atoms with E-state index in [0.717, 1.165) is 67.8 Å². The smallest absolute Gasteiger partial charge is 0.220 e. The Labute approximate surface area is 351 Å². The summed E-state index contributed by atoms with van der Waals surface area (Å²) in [6.45, 7) is 5.74. The van der Waals surface area contributed by atoms with E-state index >= 15 is 0 Å². The number of hydrogen-bond donors (Lipinski definition) is 3. The topological polar surface area (TPSA) is 71.6 Å². The molecule has 1 atom stereocenters. The molecule has 0 aromatic heterocycles. The van der Waals surface area contributed by atoms with Crippen LogP contribution in [-0.2, 0) is 28.6 Å². The summed E-state index contributed by atoms with van der Waals surface area (Å²) in [7, 11) is 3.40. The molecule has 6 nitrogen and oxygen atoms in total. The first-order chi connectivity index (χ1) is 26.8. The summed E-state index contributed by atoms with van der Waals surface area (Å²) in [6.07, 6.45) is 6.26. The molecule has 1 amide bonds. The summed E-state index contributed by atoms with van der Waals surface area (Å²) in [4.78, 5) is 12.9. The van der Waals surface area contributed by atoms with Crippen LogP contribution in [-0.4, -0.2) is 39.3 Å². The van der Waals surface area contributed by atoms with Crippen molar-refractivity contribution in [2.24, 2.45) is 0 Å². The molecule has 0 saturated heterocycles. The fourth-order valence-corrected chi connectivity index (χ4v) is 8.49. The lowest BCUT2D eigenvalue weighted by atomic mass is 9.66. The highest BCUT2D eigenvalue weighted by Gasteiger charge is 2.41. The van der Waals surface area contributed by atoms with Crippen LogP contribution in [0.4, 0.5) is 10.1 Å². The molecule has 304 valence electrons. The highest BCUT2D eigenvalue weighted by molar-refractivity contribution is 5.85. The SMILES string of the molecule is COc1cc2c(cc1OC)C(CCCC(CCCNC(=O)CCc1ccc(F)cc1)(c1ccccc1)c1ccccc1)(c1ccc(NC(C)C)cc1)NCC2.Cl.Cl. The Morgan fingerprint density at radius 2 is 1.40 bits per heavy atom. The number of rotatable bonds is 18. The number of hydrogen-bond acceptors (Lipinski definition) is 5. The summed E-state index contributed by atoms with van der Waals surface area (Å²) in [6, 6.07) is 41.7. The van der Waals surface area contributed by atoms with Crippen LogP contribution < -0.4 is 25.4 Å². The summed E-state index contributed by atoms with van der Waals surface area (Å²) >= 11 is 0. The molecule has 3 N–H and O–H groups in total. The number of anilines is 1. The first kappa shape index (κ1) is 45.1. The van der Waals surface area contributed by atoms with E-state index in [0.29, 0.717) is 25.4 Å². The first-order valence-electron chi connectivity index (χ1n) is 19.8. The summed E-state index contributed by atoms with van der Waals surface area (Å²) in [5.74, 6) is 1.23. The minimum absolute atomic E-state index is 0. The Hall–Kier alpha value is -4.56. The molecule has 1 heterocycles. The molecule has 5 aromatic carbocycles. The molecule has 1 aliphatic heterocycles. The lowest BCUT2D eigenvalue weighted by Crippen LogP contribution is -2.48. The van der Waals surface area contributed by atoms with Crippen LogP contribution in [0, 0.1) is 5.82 Å². The fraction of sp³-hybridized carbons (Fsp3) is 0.354. The minimum atomic E-state index is -0.443. The normalized spacial score (nSPS) is 14.8. The van der Waals surface area contributed by atoms with E-state index in [-0.39, 0.29) is 42.0 Å². The molecule has 0 bridgehead atoms. The van der Waals surface area contributed by atoms with Crippen molar-refractivity contribution < 1.29 is 18.7 Å². The predicted molar refractivity (Wildman–Crippen MR) is 236 cm³/mol. The third-order valence-corrected chi connectivity index (χ3v) is 11.2. The Balaban J connectivity index is 0.00000360. The number of amides is 1. The zero-order valence-electron chi connectivity index (χ0n) is 33.6. The van der Waals surface area contributed by atoms with Crippen molar-refractivity contribution in [1.29, 1.82) is 0 Å². The third-order valence-electron chi connectivity index (χ3n) is 11.2. The Morgan fingerprint density at radius 3 is 2.00 bits per heavy atom. The van der Waals surface area contributed by atoms with Gasteiger partial charge in [0, 0.05) is 36.7 Å². The second kappa shape index (κ2) is 21.3. The van der Waals surface area contributed by atoms with Gasteiger partial charge in [0.2, 0.25) is 5.91 Å². The highest BCUT2D eigenvalue weighted by Crippen LogP contribution is 2.47. The molecule has 9 heteroatoms. The van der Waals surface area contributed by atoms with E-state index in [9.17, 15) is 9.18 Å². The largest absolute Gasteiger partial charge is 0.493 e. The van der Waals surface area contributed by atoms with E-state index in [4.69, 9.17) is 9.47 Å². The highest BCUT2D eigenvalue weighted by atomic mass is 35.5. The molecule has 5 aromatic rings. The van der Waals surface area contributed by atoms with Gasteiger partial charge in [-0.2, -0.15) is 0 Å². The van der Waals surface area contributed by atoms with E-state index in [1.807, 2.05) is 0 Å². The van der Waals surface area contributed by atoms with Crippen LogP contribution in [0.15, 0.2) is 121 Å². The Morgan fingerprint density at radius 1 is 0.807 bits per heavy atom. The van der Waals surface area contributed by atoms with Crippen molar-refractivity contribution in [3.8, 4) is 11.5 Å². The zero-order valence-corrected chi connectivity index (χ0v) is 35.2. The molecular weight excluding hydrogens is 756 g/mol. The maximum Gasteiger partial charge on any atom is 0.220 e. The number of methoxy groups -OCH3 is 2. The molecule has 57 heavy (non-hydrogen) atoms. The summed E-state index contributed by atoms with van der Waals surface area (Å²) < 4.78 is 25.0. The van der Waals surface area contributed by atoms with Gasteiger partial charge < -0.3 is 25.4 Å². The molecular formula is C48H58Cl2FN3O3. The second-order valence-electron chi connectivity index (χ2n) is 15.1. The number of aryl methyl sites for hydroxylation is 1.